The molecule has 0 saturated heterocycles. The van der Waals surface area contributed by atoms with E-state index in [1.807, 2.05) is 24.3 Å². The molecule has 1 aromatic carbocycles. The van der Waals surface area contributed by atoms with Gasteiger partial charge in [-0.15, -0.1) is 0 Å². The molecule has 3 atom stereocenters. The Morgan fingerprint density at radius 2 is 2.00 bits per heavy atom. The van der Waals surface area contributed by atoms with Crippen LogP contribution in [0, 0.1) is 5.92 Å². The minimum absolute atomic E-state index is 0.00112. The van der Waals surface area contributed by atoms with Gasteiger partial charge in [-0.3, -0.25) is 0 Å². The van der Waals surface area contributed by atoms with Crippen LogP contribution in [0.25, 0.3) is 0 Å². The number of hydrogen-bond donors (Lipinski definition) is 1. The maximum Gasteiger partial charge on any atom is 0.118 e. The standard InChI is InChI=1S/C16H25NO2/c1-12-4-3-5-15(10-12)19-16(11-17)13-6-8-14(18-2)9-7-13/h6-9,12,15-16H,3-5,10-11,17H2,1-2H3. The van der Waals surface area contributed by atoms with Gasteiger partial charge in [-0.05, 0) is 36.5 Å². The van der Waals surface area contributed by atoms with Crippen LogP contribution in [0.5, 0.6) is 5.75 Å². The fraction of sp³-hybridized carbons (Fsp3) is 0.625. The summed E-state index contributed by atoms with van der Waals surface area (Å²) in [6, 6.07) is 8.01. The zero-order valence-electron chi connectivity index (χ0n) is 12.0. The van der Waals surface area contributed by atoms with Crippen molar-refractivity contribution < 1.29 is 9.47 Å². The third kappa shape index (κ3) is 3.95. The molecule has 2 rings (SSSR count). The van der Waals surface area contributed by atoms with Crippen molar-refractivity contribution in [2.75, 3.05) is 13.7 Å². The quantitative estimate of drug-likeness (QED) is 0.886. The number of ether oxygens (including phenoxy) is 2. The highest BCUT2D eigenvalue weighted by Crippen LogP contribution is 2.30. The maximum atomic E-state index is 6.20. The van der Waals surface area contributed by atoms with Crippen LogP contribution in [0.2, 0.25) is 0 Å². The van der Waals surface area contributed by atoms with Crippen molar-refractivity contribution in [1.29, 1.82) is 0 Å². The van der Waals surface area contributed by atoms with Crippen LogP contribution in [0.15, 0.2) is 24.3 Å². The largest absolute Gasteiger partial charge is 0.497 e. The van der Waals surface area contributed by atoms with E-state index in [1.165, 1.54) is 12.8 Å². The first kappa shape index (κ1) is 14.4. The topological polar surface area (TPSA) is 44.5 Å². The molecule has 19 heavy (non-hydrogen) atoms. The predicted molar refractivity (Wildman–Crippen MR) is 77.3 cm³/mol. The third-order valence-electron chi connectivity index (χ3n) is 3.95. The normalized spacial score (nSPS) is 25.0. The molecule has 3 heteroatoms. The Morgan fingerprint density at radius 1 is 1.26 bits per heavy atom. The van der Waals surface area contributed by atoms with Gasteiger partial charge in [-0.2, -0.15) is 0 Å². The Hall–Kier alpha value is -1.06. The molecule has 3 nitrogen and oxygen atoms in total. The third-order valence-corrected chi connectivity index (χ3v) is 3.95. The Labute approximate surface area is 116 Å². The Bertz CT molecular complexity index is 377. The lowest BCUT2D eigenvalue weighted by Crippen LogP contribution is -2.26. The summed E-state index contributed by atoms with van der Waals surface area (Å²) in [7, 11) is 1.68. The van der Waals surface area contributed by atoms with E-state index < -0.39 is 0 Å². The van der Waals surface area contributed by atoms with Gasteiger partial charge in [-0.25, -0.2) is 0 Å². The fourth-order valence-electron chi connectivity index (χ4n) is 2.82. The van der Waals surface area contributed by atoms with Crippen molar-refractivity contribution >= 4 is 0 Å². The molecule has 1 aliphatic rings. The van der Waals surface area contributed by atoms with Gasteiger partial charge in [-0.1, -0.05) is 31.9 Å². The summed E-state index contributed by atoms with van der Waals surface area (Å²) < 4.78 is 11.4. The highest BCUT2D eigenvalue weighted by molar-refractivity contribution is 5.28. The molecule has 1 aromatic rings. The lowest BCUT2D eigenvalue weighted by Gasteiger charge is -2.30. The maximum absolute atomic E-state index is 6.20. The number of nitrogens with two attached hydrogens (primary N) is 1. The van der Waals surface area contributed by atoms with Gasteiger partial charge in [0.15, 0.2) is 0 Å². The van der Waals surface area contributed by atoms with Gasteiger partial charge in [0, 0.05) is 6.54 Å². The molecule has 0 bridgehead atoms. The predicted octanol–water partition coefficient (Wildman–Crippen LogP) is 3.29. The van der Waals surface area contributed by atoms with Gasteiger partial charge in [0.1, 0.15) is 5.75 Å². The summed E-state index contributed by atoms with van der Waals surface area (Å²) in [4.78, 5) is 0. The summed E-state index contributed by atoms with van der Waals surface area (Å²) in [5, 5.41) is 0. The van der Waals surface area contributed by atoms with E-state index >= 15 is 0 Å². The highest BCUT2D eigenvalue weighted by atomic mass is 16.5. The molecule has 0 heterocycles. The van der Waals surface area contributed by atoms with E-state index in [4.69, 9.17) is 15.2 Å². The highest BCUT2D eigenvalue weighted by Gasteiger charge is 2.23. The molecular formula is C16H25NO2. The molecule has 0 spiro atoms. The van der Waals surface area contributed by atoms with Gasteiger partial charge in [0.25, 0.3) is 0 Å². The van der Waals surface area contributed by atoms with Crippen LogP contribution in [-0.4, -0.2) is 19.8 Å². The Kier molecular flexibility index (Phi) is 5.23. The molecule has 0 aliphatic heterocycles. The fourth-order valence-corrected chi connectivity index (χ4v) is 2.82. The molecule has 1 aliphatic carbocycles. The second kappa shape index (κ2) is 6.92. The first-order valence-electron chi connectivity index (χ1n) is 7.22. The second-order valence-corrected chi connectivity index (χ2v) is 5.53. The van der Waals surface area contributed by atoms with Crippen molar-refractivity contribution in [3.63, 3.8) is 0 Å². The number of hydrogen-bond acceptors (Lipinski definition) is 3. The SMILES string of the molecule is COc1ccc(C(CN)OC2CCCC(C)C2)cc1. The van der Waals surface area contributed by atoms with Crippen molar-refractivity contribution in [2.45, 2.75) is 44.8 Å². The van der Waals surface area contributed by atoms with Crippen LogP contribution < -0.4 is 10.5 Å². The molecule has 3 unspecified atom stereocenters. The lowest BCUT2D eigenvalue weighted by molar-refractivity contribution is -0.0361. The smallest absolute Gasteiger partial charge is 0.118 e. The van der Waals surface area contributed by atoms with E-state index in [0.717, 1.165) is 30.1 Å². The van der Waals surface area contributed by atoms with Crippen LogP contribution in [-0.2, 0) is 4.74 Å². The van der Waals surface area contributed by atoms with Crippen LogP contribution in [0.3, 0.4) is 0 Å². The van der Waals surface area contributed by atoms with Crippen molar-refractivity contribution in [1.82, 2.24) is 0 Å². The molecule has 0 aromatic heterocycles. The summed E-state index contributed by atoms with van der Waals surface area (Å²) in [6.07, 6.45) is 5.28. The molecule has 0 radical (unpaired) electrons. The average Bonchev–Trinajstić information content (AvgIpc) is 2.45. The first-order valence-corrected chi connectivity index (χ1v) is 7.22. The molecular weight excluding hydrogens is 238 g/mol. The average molecular weight is 263 g/mol. The minimum Gasteiger partial charge on any atom is -0.497 e. The lowest BCUT2D eigenvalue weighted by atomic mass is 9.88. The first-order chi connectivity index (χ1) is 9.22. The van der Waals surface area contributed by atoms with Crippen molar-refractivity contribution in [3.8, 4) is 5.75 Å². The second-order valence-electron chi connectivity index (χ2n) is 5.53. The zero-order valence-corrected chi connectivity index (χ0v) is 12.0. The summed E-state index contributed by atoms with van der Waals surface area (Å²) in [5.74, 6) is 1.64. The minimum atomic E-state index is 0.00112. The number of methoxy groups -OCH3 is 1. The van der Waals surface area contributed by atoms with Crippen molar-refractivity contribution in [3.05, 3.63) is 29.8 Å². The zero-order chi connectivity index (χ0) is 13.7. The van der Waals surface area contributed by atoms with Crippen LogP contribution in [0.4, 0.5) is 0 Å². The van der Waals surface area contributed by atoms with Gasteiger partial charge in [0.05, 0.1) is 19.3 Å². The van der Waals surface area contributed by atoms with Crippen LogP contribution >= 0.6 is 0 Å². The van der Waals surface area contributed by atoms with Gasteiger partial charge in [0.2, 0.25) is 0 Å². The van der Waals surface area contributed by atoms with Crippen LogP contribution in [0.1, 0.15) is 44.3 Å². The van der Waals surface area contributed by atoms with E-state index in [9.17, 15) is 0 Å². The Balaban J connectivity index is 1.98. The molecule has 1 saturated carbocycles. The molecule has 106 valence electrons. The number of rotatable bonds is 5. The Morgan fingerprint density at radius 3 is 2.58 bits per heavy atom. The van der Waals surface area contributed by atoms with Crippen molar-refractivity contribution in [2.24, 2.45) is 11.7 Å². The molecule has 1 fully saturated rings. The van der Waals surface area contributed by atoms with E-state index in [0.29, 0.717) is 12.6 Å². The summed E-state index contributed by atoms with van der Waals surface area (Å²) in [5.41, 5.74) is 7.01. The summed E-state index contributed by atoms with van der Waals surface area (Å²) in [6.45, 7) is 2.83. The summed E-state index contributed by atoms with van der Waals surface area (Å²) >= 11 is 0. The van der Waals surface area contributed by atoms with Gasteiger partial charge < -0.3 is 15.2 Å². The van der Waals surface area contributed by atoms with E-state index in [-0.39, 0.29) is 6.10 Å². The monoisotopic (exact) mass is 263 g/mol. The number of benzene rings is 1. The molecule has 0 amide bonds. The molecule has 2 N–H and O–H groups in total. The van der Waals surface area contributed by atoms with E-state index in [1.54, 1.807) is 7.11 Å². The van der Waals surface area contributed by atoms with Gasteiger partial charge >= 0.3 is 0 Å². The van der Waals surface area contributed by atoms with E-state index in [2.05, 4.69) is 6.92 Å².